The van der Waals surface area contributed by atoms with Gasteiger partial charge in [-0.1, -0.05) is 39.3 Å². The van der Waals surface area contributed by atoms with Crippen molar-refractivity contribution in [3.05, 3.63) is 28.8 Å². The molecule has 108 valence electrons. The number of halogens is 1. The summed E-state index contributed by atoms with van der Waals surface area (Å²) in [5, 5.41) is 4.20. The minimum atomic E-state index is 0.282. The van der Waals surface area contributed by atoms with Crippen molar-refractivity contribution in [1.82, 2.24) is 5.32 Å². The summed E-state index contributed by atoms with van der Waals surface area (Å²) in [6.45, 7) is 10.5. The van der Waals surface area contributed by atoms with Gasteiger partial charge in [-0.3, -0.25) is 0 Å². The molecule has 2 nitrogen and oxygen atoms in total. The van der Waals surface area contributed by atoms with E-state index < -0.39 is 0 Å². The molecule has 0 atom stereocenters. The molecule has 0 saturated heterocycles. The van der Waals surface area contributed by atoms with Crippen LogP contribution in [0, 0.1) is 5.92 Å². The van der Waals surface area contributed by atoms with Gasteiger partial charge < -0.3 is 10.1 Å². The van der Waals surface area contributed by atoms with Gasteiger partial charge in [0.1, 0.15) is 5.75 Å². The van der Waals surface area contributed by atoms with E-state index in [0.29, 0.717) is 5.92 Å². The van der Waals surface area contributed by atoms with Crippen molar-refractivity contribution in [1.29, 1.82) is 0 Å². The summed E-state index contributed by atoms with van der Waals surface area (Å²) in [6, 6.07) is 5.87. The number of rotatable bonds is 8. The van der Waals surface area contributed by atoms with Crippen molar-refractivity contribution in [3.63, 3.8) is 0 Å². The fraction of sp³-hybridized carbons (Fsp3) is 0.625. The molecule has 19 heavy (non-hydrogen) atoms. The lowest BCUT2D eigenvalue weighted by molar-refractivity contribution is 0.190. The topological polar surface area (TPSA) is 21.3 Å². The molecule has 0 amide bonds. The highest BCUT2D eigenvalue weighted by molar-refractivity contribution is 6.30. The van der Waals surface area contributed by atoms with Crippen molar-refractivity contribution >= 4 is 11.6 Å². The van der Waals surface area contributed by atoms with Crippen LogP contribution in [0.1, 0.15) is 46.1 Å². The lowest BCUT2D eigenvalue weighted by Gasteiger charge is -2.19. The monoisotopic (exact) mass is 283 g/mol. The predicted octanol–water partition coefficient (Wildman–Crippen LogP) is 4.65. The van der Waals surface area contributed by atoms with E-state index in [9.17, 15) is 0 Å². The molecule has 0 radical (unpaired) electrons. The van der Waals surface area contributed by atoms with Crippen molar-refractivity contribution in [2.75, 3.05) is 6.54 Å². The quantitative estimate of drug-likeness (QED) is 0.750. The Balaban J connectivity index is 2.73. The fourth-order valence-electron chi connectivity index (χ4n) is 1.93. The lowest BCUT2D eigenvalue weighted by atomic mass is 10.1. The fourth-order valence-corrected chi connectivity index (χ4v) is 2.13. The van der Waals surface area contributed by atoms with Crippen LogP contribution in [0.5, 0.6) is 5.75 Å². The van der Waals surface area contributed by atoms with E-state index in [2.05, 4.69) is 33.0 Å². The van der Waals surface area contributed by atoms with Crippen LogP contribution >= 0.6 is 11.6 Å². The first-order valence-corrected chi connectivity index (χ1v) is 7.60. The molecule has 3 heteroatoms. The van der Waals surface area contributed by atoms with Crippen LogP contribution in [0.15, 0.2) is 18.2 Å². The number of nitrogens with one attached hydrogen (secondary N) is 1. The standard InChI is InChI=1S/C16H26ClNO/c1-5-15(6-2)19-16-8-7-14(17)9-13(16)11-18-10-12(3)4/h7-9,12,15,18H,5-6,10-11H2,1-4H3. The van der Waals surface area contributed by atoms with Crippen molar-refractivity contribution in [3.8, 4) is 5.75 Å². The first-order chi connectivity index (χ1) is 9.06. The zero-order valence-corrected chi connectivity index (χ0v) is 13.3. The Morgan fingerprint density at radius 3 is 2.47 bits per heavy atom. The molecule has 0 aliphatic heterocycles. The SMILES string of the molecule is CCC(CC)Oc1ccc(Cl)cc1CNCC(C)C. The molecule has 0 aromatic heterocycles. The largest absolute Gasteiger partial charge is 0.490 e. The van der Waals surface area contributed by atoms with E-state index >= 15 is 0 Å². The summed E-state index contributed by atoms with van der Waals surface area (Å²) in [5.41, 5.74) is 1.14. The van der Waals surface area contributed by atoms with E-state index in [0.717, 1.165) is 42.3 Å². The molecule has 0 spiro atoms. The second kappa shape index (κ2) is 8.44. The molecule has 1 aromatic carbocycles. The van der Waals surface area contributed by atoms with Gasteiger partial charge in [0.05, 0.1) is 6.10 Å². The Morgan fingerprint density at radius 2 is 1.89 bits per heavy atom. The molecule has 1 N–H and O–H groups in total. The summed E-state index contributed by atoms with van der Waals surface area (Å²) >= 11 is 6.08. The summed E-state index contributed by atoms with van der Waals surface area (Å²) in [6.07, 6.45) is 2.33. The van der Waals surface area contributed by atoms with Gasteiger partial charge in [-0.05, 0) is 43.5 Å². The molecule has 0 fully saturated rings. The Bertz CT molecular complexity index is 375. The first-order valence-electron chi connectivity index (χ1n) is 7.22. The van der Waals surface area contributed by atoms with Crippen LogP contribution in [0.2, 0.25) is 5.02 Å². The third-order valence-electron chi connectivity index (χ3n) is 3.09. The van der Waals surface area contributed by atoms with Crippen LogP contribution < -0.4 is 10.1 Å². The maximum Gasteiger partial charge on any atom is 0.124 e. The van der Waals surface area contributed by atoms with Gasteiger partial charge in [0, 0.05) is 17.1 Å². The Morgan fingerprint density at radius 1 is 1.21 bits per heavy atom. The minimum Gasteiger partial charge on any atom is -0.490 e. The van der Waals surface area contributed by atoms with Gasteiger partial charge in [-0.15, -0.1) is 0 Å². The van der Waals surface area contributed by atoms with E-state index in [1.807, 2.05) is 18.2 Å². The molecule has 0 unspecified atom stereocenters. The molecule has 0 aliphatic rings. The summed E-state index contributed by atoms with van der Waals surface area (Å²) in [4.78, 5) is 0. The molecule has 0 aliphatic carbocycles. The highest BCUT2D eigenvalue weighted by atomic mass is 35.5. The average molecular weight is 284 g/mol. The smallest absolute Gasteiger partial charge is 0.124 e. The second-order valence-electron chi connectivity index (χ2n) is 5.33. The minimum absolute atomic E-state index is 0.282. The third-order valence-corrected chi connectivity index (χ3v) is 3.33. The molecule has 1 rings (SSSR count). The molecular weight excluding hydrogens is 258 g/mol. The Kier molecular flexibility index (Phi) is 7.25. The number of hydrogen-bond donors (Lipinski definition) is 1. The van der Waals surface area contributed by atoms with Crippen molar-refractivity contribution in [2.45, 2.75) is 53.2 Å². The van der Waals surface area contributed by atoms with Gasteiger partial charge >= 0.3 is 0 Å². The molecule has 0 bridgehead atoms. The van der Waals surface area contributed by atoms with Crippen molar-refractivity contribution in [2.24, 2.45) is 5.92 Å². The molecule has 0 saturated carbocycles. The van der Waals surface area contributed by atoms with Crippen LogP contribution in [0.3, 0.4) is 0 Å². The van der Waals surface area contributed by atoms with Crippen LogP contribution in [0.25, 0.3) is 0 Å². The molecule has 0 heterocycles. The van der Waals surface area contributed by atoms with Gasteiger partial charge in [-0.25, -0.2) is 0 Å². The Labute approximate surface area is 122 Å². The number of hydrogen-bond acceptors (Lipinski definition) is 2. The highest BCUT2D eigenvalue weighted by Gasteiger charge is 2.10. The van der Waals surface area contributed by atoms with Gasteiger partial charge in [0.25, 0.3) is 0 Å². The number of ether oxygens (including phenoxy) is 1. The van der Waals surface area contributed by atoms with E-state index in [1.54, 1.807) is 0 Å². The number of benzene rings is 1. The van der Waals surface area contributed by atoms with E-state index in [1.165, 1.54) is 0 Å². The van der Waals surface area contributed by atoms with Gasteiger partial charge in [0.15, 0.2) is 0 Å². The molecule has 1 aromatic rings. The molecular formula is C16H26ClNO. The van der Waals surface area contributed by atoms with E-state index in [-0.39, 0.29) is 6.10 Å². The highest BCUT2D eigenvalue weighted by Crippen LogP contribution is 2.25. The zero-order valence-electron chi connectivity index (χ0n) is 12.5. The predicted molar refractivity (Wildman–Crippen MR) is 83.0 cm³/mol. The van der Waals surface area contributed by atoms with Gasteiger partial charge in [-0.2, -0.15) is 0 Å². The van der Waals surface area contributed by atoms with Crippen LogP contribution in [-0.2, 0) is 6.54 Å². The van der Waals surface area contributed by atoms with Gasteiger partial charge in [0.2, 0.25) is 0 Å². The maximum absolute atomic E-state index is 6.08. The first kappa shape index (κ1) is 16.3. The lowest BCUT2D eigenvalue weighted by Crippen LogP contribution is -2.20. The van der Waals surface area contributed by atoms with Crippen molar-refractivity contribution < 1.29 is 4.74 Å². The summed E-state index contributed by atoms with van der Waals surface area (Å²) in [5.74, 6) is 1.59. The van der Waals surface area contributed by atoms with E-state index in [4.69, 9.17) is 16.3 Å². The normalized spacial score (nSPS) is 11.3. The average Bonchev–Trinajstić information content (AvgIpc) is 2.37. The van der Waals surface area contributed by atoms with Crippen LogP contribution in [-0.4, -0.2) is 12.6 Å². The maximum atomic E-state index is 6.08. The Hall–Kier alpha value is -0.730. The summed E-state index contributed by atoms with van der Waals surface area (Å²) < 4.78 is 6.06. The zero-order chi connectivity index (χ0) is 14.3. The third kappa shape index (κ3) is 5.84. The van der Waals surface area contributed by atoms with Crippen LogP contribution in [0.4, 0.5) is 0 Å². The summed E-state index contributed by atoms with van der Waals surface area (Å²) in [7, 11) is 0. The second-order valence-corrected chi connectivity index (χ2v) is 5.77.